The van der Waals surface area contributed by atoms with Gasteiger partial charge in [-0.2, -0.15) is 0 Å². The molecule has 0 saturated heterocycles. The predicted octanol–water partition coefficient (Wildman–Crippen LogP) is 2.67. The summed E-state index contributed by atoms with van der Waals surface area (Å²) in [4.78, 5) is 16.4. The normalized spacial score (nSPS) is 10.6. The number of nitrogens with zero attached hydrogens (tertiary/aromatic N) is 1. The second kappa shape index (κ2) is 11.4. The van der Waals surface area contributed by atoms with Crippen LogP contribution in [0.25, 0.3) is 11.1 Å². The molecule has 0 saturated carbocycles. The fourth-order valence-electron chi connectivity index (χ4n) is 2.58. The number of aliphatic hydroxyl groups excluding tert-OH is 1. The molecule has 1 amide bonds. The molecular weight excluding hydrogens is 469 g/mol. The van der Waals surface area contributed by atoms with Gasteiger partial charge in [0.2, 0.25) is 9.84 Å². The lowest BCUT2D eigenvalue weighted by Crippen LogP contribution is -2.26. The van der Waals surface area contributed by atoms with Gasteiger partial charge < -0.3 is 16.2 Å². The van der Waals surface area contributed by atoms with Crippen LogP contribution in [0.1, 0.15) is 15.4 Å². The molecule has 0 spiro atoms. The van der Waals surface area contributed by atoms with Gasteiger partial charge in [0.25, 0.3) is 5.91 Å². The van der Waals surface area contributed by atoms with Gasteiger partial charge in [-0.15, -0.1) is 36.2 Å². The Bertz CT molecular complexity index is 1090. The first-order valence-corrected chi connectivity index (χ1v) is 10.7. The third kappa shape index (κ3) is 5.78. The van der Waals surface area contributed by atoms with Crippen molar-refractivity contribution in [3.8, 4) is 11.1 Å². The molecule has 0 aliphatic rings. The van der Waals surface area contributed by atoms with Crippen molar-refractivity contribution in [2.75, 3.05) is 13.2 Å². The van der Waals surface area contributed by atoms with Crippen LogP contribution < -0.4 is 11.1 Å². The highest BCUT2D eigenvalue weighted by Crippen LogP contribution is 2.30. The molecule has 2 aromatic carbocycles. The lowest BCUT2D eigenvalue weighted by atomic mass is 10.0. The van der Waals surface area contributed by atoms with Crippen LogP contribution in [0.5, 0.6) is 0 Å². The van der Waals surface area contributed by atoms with Crippen LogP contribution in [0.4, 0.5) is 0 Å². The number of aliphatic hydroxyl groups is 1. The van der Waals surface area contributed by atoms with Gasteiger partial charge in [-0.05, 0) is 29.3 Å². The number of carbonyl (C=O) groups excluding carboxylic acids is 1. The lowest BCUT2D eigenvalue weighted by molar-refractivity contribution is 0.0944. The van der Waals surface area contributed by atoms with E-state index < -0.39 is 15.7 Å². The molecule has 0 atom stereocenters. The van der Waals surface area contributed by atoms with Crippen LogP contribution in [0.15, 0.2) is 63.8 Å². The average molecular weight is 490 g/mol. The van der Waals surface area contributed by atoms with Gasteiger partial charge in [-0.25, -0.2) is 13.4 Å². The Morgan fingerprint density at radius 1 is 1.10 bits per heavy atom. The number of carbonyl (C=O) groups is 1. The smallest absolute Gasteiger partial charge is 0.251 e. The van der Waals surface area contributed by atoms with Crippen LogP contribution >= 0.6 is 36.2 Å². The van der Waals surface area contributed by atoms with E-state index in [4.69, 9.17) is 10.8 Å². The Morgan fingerprint density at radius 2 is 1.80 bits per heavy atom. The maximum atomic E-state index is 13.1. The van der Waals surface area contributed by atoms with Gasteiger partial charge in [0.15, 0.2) is 0 Å². The molecule has 162 valence electrons. The highest BCUT2D eigenvalue weighted by Gasteiger charge is 2.23. The second-order valence-electron chi connectivity index (χ2n) is 5.87. The summed E-state index contributed by atoms with van der Waals surface area (Å²) in [5.41, 5.74) is 7.10. The number of hydrogen-bond acceptors (Lipinski definition) is 7. The van der Waals surface area contributed by atoms with Gasteiger partial charge in [0.1, 0.15) is 9.22 Å². The largest absolute Gasteiger partial charge is 0.395 e. The molecule has 1 aromatic heterocycles. The molecular formula is C19H21Cl2N3O4S2. The van der Waals surface area contributed by atoms with Crippen molar-refractivity contribution >= 4 is 51.9 Å². The molecule has 30 heavy (non-hydrogen) atoms. The van der Waals surface area contributed by atoms with Gasteiger partial charge in [-0.3, -0.25) is 4.79 Å². The standard InChI is InChI=1S/C19H19N3O4S2.2ClH/c20-11-17-22-12-18(27-17)28(25,26)16-9-14(13-4-2-1-3-5-13)8-15(10-16)19(24)21-6-7-23;;/h1-5,8-10,12,23H,6-7,11,20H2,(H,21,24);2*1H. The predicted molar refractivity (Wildman–Crippen MR) is 121 cm³/mol. The highest BCUT2D eigenvalue weighted by atomic mass is 35.5. The van der Waals surface area contributed by atoms with Crippen LogP contribution in [-0.2, 0) is 16.4 Å². The highest BCUT2D eigenvalue weighted by molar-refractivity contribution is 7.93. The Morgan fingerprint density at radius 3 is 2.40 bits per heavy atom. The maximum Gasteiger partial charge on any atom is 0.251 e. The Kier molecular flexibility index (Phi) is 9.89. The molecule has 0 bridgehead atoms. The molecule has 3 rings (SSSR count). The number of sulfone groups is 1. The van der Waals surface area contributed by atoms with Crippen LogP contribution in [0.2, 0.25) is 0 Å². The van der Waals surface area contributed by atoms with E-state index in [1.54, 1.807) is 6.07 Å². The van der Waals surface area contributed by atoms with Crippen LogP contribution in [0.3, 0.4) is 0 Å². The van der Waals surface area contributed by atoms with E-state index in [0.29, 0.717) is 10.6 Å². The Labute approximate surface area is 191 Å². The summed E-state index contributed by atoms with van der Waals surface area (Å²) in [6.07, 6.45) is 1.28. The summed E-state index contributed by atoms with van der Waals surface area (Å²) in [7, 11) is -3.86. The monoisotopic (exact) mass is 489 g/mol. The summed E-state index contributed by atoms with van der Waals surface area (Å²) in [5.74, 6) is -0.463. The number of aromatic nitrogens is 1. The number of nitrogens with two attached hydrogens (primary N) is 1. The molecule has 0 aliphatic heterocycles. The fourth-order valence-corrected chi connectivity index (χ4v) is 5.11. The van der Waals surface area contributed by atoms with E-state index in [-0.39, 0.29) is 59.2 Å². The van der Waals surface area contributed by atoms with Crippen molar-refractivity contribution < 1.29 is 18.3 Å². The zero-order chi connectivity index (χ0) is 20.1. The zero-order valence-corrected chi connectivity index (χ0v) is 18.9. The SMILES string of the molecule is Cl.Cl.NCc1ncc(S(=O)(=O)c2cc(C(=O)NCCO)cc(-c3ccccc3)c2)s1. The molecule has 7 nitrogen and oxygen atoms in total. The molecule has 4 N–H and O–H groups in total. The van der Waals surface area contributed by atoms with E-state index in [1.165, 1.54) is 18.3 Å². The number of halogens is 2. The number of hydrogen-bond donors (Lipinski definition) is 3. The van der Waals surface area contributed by atoms with E-state index in [0.717, 1.165) is 16.9 Å². The Hall–Kier alpha value is -2.01. The van der Waals surface area contributed by atoms with Gasteiger partial charge in [-0.1, -0.05) is 30.3 Å². The minimum Gasteiger partial charge on any atom is -0.395 e. The van der Waals surface area contributed by atoms with E-state index in [2.05, 4.69) is 10.3 Å². The topological polar surface area (TPSA) is 122 Å². The van der Waals surface area contributed by atoms with E-state index >= 15 is 0 Å². The first-order chi connectivity index (χ1) is 13.5. The van der Waals surface area contributed by atoms with Gasteiger partial charge >= 0.3 is 0 Å². The second-order valence-corrected chi connectivity index (χ2v) is 9.16. The third-order valence-electron chi connectivity index (χ3n) is 3.96. The fraction of sp³-hybridized carbons (Fsp3) is 0.158. The van der Waals surface area contributed by atoms with Crippen molar-refractivity contribution in [3.05, 3.63) is 65.3 Å². The zero-order valence-electron chi connectivity index (χ0n) is 15.6. The lowest BCUT2D eigenvalue weighted by Gasteiger charge is -2.10. The maximum absolute atomic E-state index is 13.1. The molecule has 0 aliphatic carbocycles. The molecule has 1 heterocycles. The summed E-state index contributed by atoms with van der Waals surface area (Å²) >= 11 is 1.01. The molecule has 0 radical (unpaired) electrons. The Balaban J connectivity index is 0.00000225. The number of rotatable bonds is 7. The van der Waals surface area contributed by atoms with Crippen molar-refractivity contribution in [3.63, 3.8) is 0 Å². The molecule has 0 fully saturated rings. The van der Waals surface area contributed by atoms with Crippen molar-refractivity contribution in [1.82, 2.24) is 10.3 Å². The van der Waals surface area contributed by atoms with Crippen LogP contribution in [0, 0.1) is 0 Å². The van der Waals surface area contributed by atoms with E-state index in [9.17, 15) is 13.2 Å². The molecule has 0 unspecified atom stereocenters. The first kappa shape index (κ1) is 26.0. The summed E-state index contributed by atoms with van der Waals surface area (Å²) < 4.78 is 26.3. The number of nitrogens with one attached hydrogen (secondary N) is 1. The minimum atomic E-state index is -3.86. The summed E-state index contributed by atoms with van der Waals surface area (Å²) in [5, 5.41) is 12.0. The number of amides is 1. The van der Waals surface area contributed by atoms with Crippen molar-refractivity contribution in [1.29, 1.82) is 0 Å². The van der Waals surface area contributed by atoms with Crippen molar-refractivity contribution in [2.24, 2.45) is 5.73 Å². The first-order valence-electron chi connectivity index (χ1n) is 8.45. The molecule has 3 aromatic rings. The van der Waals surface area contributed by atoms with Gasteiger partial charge in [0.05, 0.1) is 17.7 Å². The molecule has 11 heteroatoms. The number of benzene rings is 2. The van der Waals surface area contributed by atoms with Crippen LogP contribution in [-0.4, -0.2) is 37.6 Å². The number of thiazole rings is 1. The quantitative estimate of drug-likeness (QED) is 0.468. The average Bonchev–Trinajstić information content (AvgIpc) is 3.22. The van der Waals surface area contributed by atoms with E-state index in [1.807, 2.05) is 30.3 Å². The summed E-state index contributed by atoms with van der Waals surface area (Å²) in [6, 6.07) is 13.7. The third-order valence-corrected chi connectivity index (χ3v) is 7.17. The van der Waals surface area contributed by atoms with Crippen molar-refractivity contribution in [2.45, 2.75) is 15.6 Å². The minimum absolute atomic E-state index is 0. The van der Waals surface area contributed by atoms with Gasteiger partial charge in [0, 0.05) is 18.7 Å². The summed E-state index contributed by atoms with van der Waals surface area (Å²) in [6.45, 7) is 0.0161.